The second-order valence-corrected chi connectivity index (χ2v) is 8.15. The first-order valence-corrected chi connectivity index (χ1v) is 10.8. The number of aliphatic hydroxyl groups excluding tert-OH is 1. The van der Waals surface area contributed by atoms with Gasteiger partial charge < -0.3 is 19.3 Å². The van der Waals surface area contributed by atoms with Gasteiger partial charge in [-0.3, -0.25) is 19.5 Å². The number of pyridine rings is 1. The van der Waals surface area contributed by atoms with Crippen molar-refractivity contribution in [3.8, 4) is 17.2 Å². The predicted molar refractivity (Wildman–Crippen MR) is 124 cm³/mol. The minimum absolute atomic E-state index is 0.00405. The monoisotopic (exact) mass is 458 g/mol. The molecule has 3 heterocycles. The maximum absolute atomic E-state index is 13.2. The molecule has 1 unspecified atom stereocenters. The number of Topliss-reactive ketones (excluding diaryl/α,β-unsaturated/α-hetero) is 1. The minimum atomic E-state index is -0.923. The standard InChI is InChI=1S/C26H22N2O6/c1-15(2)34-18-9-6-16(7-10-18)24(29)22-23(19-5-3-4-12-27-19)28(26(31)25(22)30)17-8-11-20-21(13-17)33-14-32-20/h3-13,15,23,29H,14H2,1-2H3/b24-22+. The molecule has 1 fully saturated rings. The number of benzene rings is 2. The molecule has 2 aliphatic rings. The van der Waals surface area contributed by atoms with E-state index in [4.69, 9.17) is 14.2 Å². The van der Waals surface area contributed by atoms with Crippen LogP contribution in [0.5, 0.6) is 17.2 Å². The van der Waals surface area contributed by atoms with E-state index in [-0.39, 0.29) is 24.2 Å². The number of ketones is 1. The quantitative estimate of drug-likeness (QED) is 0.347. The Balaban J connectivity index is 1.62. The van der Waals surface area contributed by atoms with Crippen molar-refractivity contribution in [3.05, 3.63) is 83.7 Å². The molecular weight excluding hydrogens is 436 g/mol. The van der Waals surface area contributed by atoms with Crippen molar-refractivity contribution in [2.75, 3.05) is 11.7 Å². The third kappa shape index (κ3) is 3.73. The molecule has 1 amide bonds. The highest BCUT2D eigenvalue weighted by atomic mass is 16.7. The van der Waals surface area contributed by atoms with Crippen LogP contribution in [0.25, 0.3) is 5.76 Å². The SMILES string of the molecule is CC(C)Oc1ccc(/C(O)=C2\C(=O)C(=O)N(c3ccc4c(c3)OCO4)C2c2ccccn2)cc1. The third-order valence-electron chi connectivity index (χ3n) is 5.55. The number of nitrogens with zero attached hydrogens (tertiary/aromatic N) is 2. The zero-order valence-corrected chi connectivity index (χ0v) is 18.6. The van der Waals surface area contributed by atoms with E-state index in [1.807, 2.05) is 13.8 Å². The Hall–Kier alpha value is -4.33. The van der Waals surface area contributed by atoms with Gasteiger partial charge in [0.1, 0.15) is 17.6 Å². The van der Waals surface area contributed by atoms with E-state index < -0.39 is 17.7 Å². The summed E-state index contributed by atoms with van der Waals surface area (Å²) in [6.45, 7) is 3.91. The van der Waals surface area contributed by atoms with Gasteiger partial charge in [-0.25, -0.2) is 0 Å². The summed E-state index contributed by atoms with van der Waals surface area (Å²) in [5.74, 6) is -0.190. The number of aromatic nitrogens is 1. The highest BCUT2D eigenvalue weighted by Gasteiger charge is 2.47. The predicted octanol–water partition coefficient (Wildman–Crippen LogP) is 4.22. The van der Waals surface area contributed by atoms with Gasteiger partial charge in [-0.15, -0.1) is 0 Å². The number of hydrogen-bond donors (Lipinski definition) is 1. The van der Waals surface area contributed by atoms with E-state index in [1.165, 1.54) is 4.90 Å². The van der Waals surface area contributed by atoms with Crippen molar-refractivity contribution < 1.29 is 28.9 Å². The molecule has 3 aromatic rings. The van der Waals surface area contributed by atoms with Gasteiger partial charge in [-0.2, -0.15) is 0 Å². The van der Waals surface area contributed by atoms with Crippen LogP contribution in [0.4, 0.5) is 5.69 Å². The Morgan fingerprint density at radius 1 is 1.06 bits per heavy atom. The molecule has 5 rings (SSSR count). The molecule has 0 radical (unpaired) electrons. The van der Waals surface area contributed by atoms with Gasteiger partial charge in [0.25, 0.3) is 11.7 Å². The number of aliphatic hydroxyl groups is 1. The molecule has 0 aliphatic carbocycles. The van der Waals surface area contributed by atoms with Crippen molar-refractivity contribution in [2.45, 2.75) is 26.0 Å². The van der Waals surface area contributed by atoms with Crippen LogP contribution in [0.1, 0.15) is 31.1 Å². The lowest BCUT2D eigenvalue weighted by Gasteiger charge is -2.24. The lowest BCUT2D eigenvalue weighted by atomic mass is 9.98. The van der Waals surface area contributed by atoms with Gasteiger partial charge in [0.2, 0.25) is 6.79 Å². The number of rotatable bonds is 5. The van der Waals surface area contributed by atoms with E-state index in [0.717, 1.165) is 0 Å². The van der Waals surface area contributed by atoms with E-state index in [2.05, 4.69) is 4.98 Å². The number of ether oxygens (including phenoxy) is 3. The molecule has 34 heavy (non-hydrogen) atoms. The number of fused-ring (bicyclic) bond motifs is 1. The number of carbonyl (C=O) groups is 2. The Morgan fingerprint density at radius 2 is 1.82 bits per heavy atom. The highest BCUT2D eigenvalue weighted by Crippen LogP contribution is 2.44. The van der Waals surface area contributed by atoms with E-state index in [0.29, 0.717) is 34.2 Å². The molecule has 8 heteroatoms. The van der Waals surface area contributed by atoms with Gasteiger partial charge in [0.15, 0.2) is 11.5 Å². The minimum Gasteiger partial charge on any atom is -0.507 e. The summed E-state index contributed by atoms with van der Waals surface area (Å²) >= 11 is 0. The Morgan fingerprint density at radius 3 is 2.53 bits per heavy atom. The molecule has 2 aromatic carbocycles. The molecule has 0 spiro atoms. The molecule has 1 aromatic heterocycles. The largest absolute Gasteiger partial charge is 0.507 e. The average molecular weight is 458 g/mol. The van der Waals surface area contributed by atoms with Crippen molar-refractivity contribution in [1.82, 2.24) is 4.98 Å². The van der Waals surface area contributed by atoms with Gasteiger partial charge in [0.05, 0.1) is 17.4 Å². The molecular formula is C26H22N2O6. The van der Waals surface area contributed by atoms with Crippen molar-refractivity contribution >= 4 is 23.1 Å². The van der Waals surface area contributed by atoms with Crippen LogP contribution in [0, 0.1) is 0 Å². The summed E-state index contributed by atoms with van der Waals surface area (Å²) < 4.78 is 16.5. The number of anilines is 1. The van der Waals surface area contributed by atoms with Gasteiger partial charge in [0, 0.05) is 23.5 Å². The summed E-state index contributed by atoms with van der Waals surface area (Å²) in [6.07, 6.45) is 1.57. The second-order valence-electron chi connectivity index (χ2n) is 8.15. The Bertz CT molecular complexity index is 1280. The first kappa shape index (κ1) is 21.5. The number of carbonyl (C=O) groups excluding carboxylic acids is 2. The fraction of sp³-hybridized carbons (Fsp3) is 0.192. The zero-order valence-electron chi connectivity index (χ0n) is 18.6. The van der Waals surface area contributed by atoms with Crippen LogP contribution in [-0.2, 0) is 9.59 Å². The van der Waals surface area contributed by atoms with Crippen LogP contribution in [0.2, 0.25) is 0 Å². The topological polar surface area (TPSA) is 98.2 Å². The second kappa shape index (κ2) is 8.55. The summed E-state index contributed by atoms with van der Waals surface area (Å²) in [4.78, 5) is 32.2. The van der Waals surface area contributed by atoms with Crippen LogP contribution in [0.15, 0.2) is 72.4 Å². The average Bonchev–Trinajstić information content (AvgIpc) is 3.41. The van der Waals surface area contributed by atoms with E-state index in [9.17, 15) is 14.7 Å². The smallest absolute Gasteiger partial charge is 0.300 e. The molecule has 1 N–H and O–H groups in total. The lowest BCUT2D eigenvalue weighted by Crippen LogP contribution is -2.29. The van der Waals surface area contributed by atoms with Gasteiger partial charge in [-0.05, 0) is 62.4 Å². The van der Waals surface area contributed by atoms with Crippen LogP contribution >= 0.6 is 0 Å². The molecule has 0 saturated carbocycles. The molecule has 172 valence electrons. The van der Waals surface area contributed by atoms with Crippen LogP contribution in [-0.4, -0.2) is 34.7 Å². The Kier molecular flexibility index (Phi) is 5.41. The van der Waals surface area contributed by atoms with Crippen molar-refractivity contribution in [2.24, 2.45) is 0 Å². The highest BCUT2D eigenvalue weighted by molar-refractivity contribution is 6.51. The number of hydrogen-bond acceptors (Lipinski definition) is 7. The summed E-state index contributed by atoms with van der Waals surface area (Å²) in [6, 6.07) is 16.0. The summed E-state index contributed by atoms with van der Waals surface area (Å²) in [5.41, 5.74) is 1.22. The van der Waals surface area contributed by atoms with Crippen molar-refractivity contribution in [1.29, 1.82) is 0 Å². The zero-order chi connectivity index (χ0) is 23.8. The molecule has 1 atom stereocenters. The van der Waals surface area contributed by atoms with Crippen molar-refractivity contribution in [3.63, 3.8) is 0 Å². The fourth-order valence-electron chi connectivity index (χ4n) is 4.07. The van der Waals surface area contributed by atoms with E-state index in [1.54, 1.807) is 66.9 Å². The van der Waals surface area contributed by atoms with Gasteiger partial charge in [-0.1, -0.05) is 6.07 Å². The normalized spacial score (nSPS) is 18.6. The molecule has 2 aliphatic heterocycles. The first-order valence-electron chi connectivity index (χ1n) is 10.8. The van der Waals surface area contributed by atoms with Crippen LogP contribution in [0.3, 0.4) is 0 Å². The fourth-order valence-corrected chi connectivity index (χ4v) is 4.07. The molecule has 8 nitrogen and oxygen atoms in total. The van der Waals surface area contributed by atoms with Gasteiger partial charge >= 0.3 is 0 Å². The summed E-state index contributed by atoms with van der Waals surface area (Å²) in [7, 11) is 0. The lowest BCUT2D eigenvalue weighted by molar-refractivity contribution is -0.132. The molecule has 0 bridgehead atoms. The molecule has 1 saturated heterocycles. The third-order valence-corrected chi connectivity index (χ3v) is 5.55. The maximum atomic E-state index is 13.2. The summed E-state index contributed by atoms with van der Waals surface area (Å²) in [5, 5.41) is 11.2. The Labute approximate surface area is 196 Å². The number of amides is 1. The van der Waals surface area contributed by atoms with Crippen LogP contribution < -0.4 is 19.1 Å². The van der Waals surface area contributed by atoms with E-state index >= 15 is 0 Å². The maximum Gasteiger partial charge on any atom is 0.300 e. The first-order chi connectivity index (χ1) is 16.4.